The highest BCUT2D eigenvalue weighted by Gasteiger charge is 2.20. The van der Waals surface area contributed by atoms with E-state index in [4.69, 9.17) is 0 Å². The second kappa shape index (κ2) is 5.62. The molecular weight excluding hydrogens is 264 g/mol. The van der Waals surface area contributed by atoms with E-state index < -0.39 is 4.92 Å². The van der Waals surface area contributed by atoms with Gasteiger partial charge in [0.05, 0.1) is 10.2 Å². The highest BCUT2D eigenvalue weighted by molar-refractivity contribution is 7.81. The van der Waals surface area contributed by atoms with Crippen molar-refractivity contribution < 1.29 is 10.0 Å². The van der Waals surface area contributed by atoms with Crippen LogP contribution in [0.15, 0.2) is 65.7 Å². The minimum atomic E-state index is -0.508. The highest BCUT2D eigenvalue weighted by atomic mass is 32.1. The molecule has 0 spiro atoms. The van der Waals surface area contributed by atoms with E-state index in [9.17, 15) is 15.2 Å². The minimum Gasteiger partial charge on any atom is -0.494 e. The number of hydrogen-bond acceptors (Lipinski definition) is 5. The molecule has 1 aliphatic rings. The number of benzene rings is 1. The van der Waals surface area contributed by atoms with Crippen LogP contribution in [0.3, 0.4) is 0 Å². The lowest BCUT2D eigenvalue weighted by Gasteiger charge is -2.15. The fourth-order valence-electron chi connectivity index (χ4n) is 1.64. The third-order valence-corrected chi connectivity index (χ3v) is 3.04. The molecular formula is C13H12N2O3S. The molecule has 6 heteroatoms. The number of anilines is 1. The summed E-state index contributed by atoms with van der Waals surface area (Å²) >= 11 is 4.26. The molecule has 0 saturated heterocycles. The monoisotopic (exact) mass is 276 g/mol. The lowest BCUT2D eigenvalue weighted by Crippen LogP contribution is -2.13. The molecule has 0 radical (unpaired) electrons. The van der Waals surface area contributed by atoms with Gasteiger partial charge in [-0.2, -0.15) is 12.6 Å². The van der Waals surface area contributed by atoms with E-state index in [2.05, 4.69) is 17.9 Å². The van der Waals surface area contributed by atoms with Gasteiger partial charge < -0.3 is 10.4 Å². The fraction of sp³-hybridized carbons (Fsp3) is 0.0769. The molecule has 0 heterocycles. The topological polar surface area (TPSA) is 75.4 Å². The smallest absolute Gasteiger partial charge is 0.269 e. The van der Waals surface area contributed by atoms with Gasteiger partial charge in [0.25, 0.3) is 5.70 Å². The number of nitrogens with zero attached hydrogens (tertiary/aromatic N) is 1. The zero-order valence-electron chi connectivity index (χ0n) is 9.85. The molecule has 19 heavy (non-hydrogen) atoms. The number of rotatable bonds is 3. The Kier molecular flexibility index (Phi) is 3.91. The van der Waals surface area contributed by atoms with Crippen LogP contribution in [0.25, 0.3) is 0 Å². The maximum absolute atomic E-state index is 10.7. The Morgan fingerprint density at radius 1 is 1.37 bits per heavy atom. The predicted molar refractivity (Wildman–Crippen MR) is 76.7 cm³/mol. The van der Waals surface area contributed by atoms with E-state index >= 15 is 0 Å². The third-order valence-electron chi connectivity index (χ3n) is 2.59. The molecule has 5 nitrogen and oxygen atoms in total. The molecule has 0 aliphatic heterocycles. The summed E-state index contributed by atoms with van der Waals surface area (Å²) in [4.78, 5) is 10.2. The summed E-state index contributed by atoms with van der Waals surface area (Å²) in [6.07, 6.45) is 4.24. The summed E-state index contributed by atoms with van der Waals surface area (Å²) in [6, 6.07) is 9.04. The Bertz CT molecular complexity index is 579. The molecule has 2 N–H and O–H groups in total. The van der Waals surface area contributed by atoms with E-state index in [1.807, 2.05) is 18.2 Å². The maximum Gasteiger partial charge on any atom is 0.269 e. The Labute approximate surface area is 115 Å². The quantitative estimate of drug-likeness (QED) is 0.343. The van der Waals surface area contributed by atoms with Crippen LogP contribution in [0.4, 0.5) is 5.69 Å². The van der Waals surface area contributed by atoms with E-state index in [0.29, 0.717) is 11.3 Å². The van der Waals surface area contributed by atoms with Crippen LogP contribution < -0.4 is 5.32 Å². The number of thiol groups is 1. The molecule has 1 aromatic carbocycles. The molecule has 0 unspecified atom stereocenters. The van der Waals surface area contributed by atoms with Gasteiger partial charge in [0, 0.05) is 23.4 Å². The largest absolute Gasteiger partial charge is 0.494 e. The normalized spacial score (nSPS) is 20.7. The van der Waals surface area contributed by atoms with Gasteiger partial charge in [-0.1, -0.05) is 24.3 Å². The number of aliphatic hydroxyl groups excluding tert-OH is 1. The molecule has 1 aromatic rings. The van der Waals surface area contributed by atoms with Crippen LogP contribution in [-0.2, 0) is 0 Å². The number of para-hydroxylation sites is 1. The SMILES string of the molecule is O=[N+]([O-])C1=C/C(=C(/O)Nc2ccccc2)[C@H](S)C=C1. The minimum absolute atomic E-state index is 0.0817. The van der Waals surface area contributed by atoms with Crippen molar-refractivity contribution in [1.29, 1.82) is 0 Å². The van der Waals surface area contributed by atoms with Crippen molar-refractivity contribution in [1.82, 2.24) is 0 Å². The number of aliphatic hydroxyl groups is 1. The first kappa shape index (κ1) is 13.2. The van der Waals surface area contributed by atoms with E-state index in [1.54, 1.807) is 18.2 Å². The summed E-state index contributed by atoms with van der Waals surface area (Å²) in [6.45, 7) is 0. The molecule has 0 fully saturated rings. The van der Waals surface area contributed by atoms with Gasteiger partial charge in [0.2, 0.25) is 0 Å². The van der Waals surface area contributed by atoms with Crippen LogP contribution in [0.2, 0.25) is 0 Å². The Balaban J connectivity index is 2.29. The number of allylic oxidation sites excluding steroid dienone is 2. The molecule has 0 saturated carbocycles. The van der Waals surface area contributed by atoms with Gasteiger partial charge in [0.1, 0.15) is 0 Å². The van der Waals surface area contributed by atoms with Gasteiger partial charge in [0.15, 0.2) is 5.88 Å². The highest BCUT2D eigenvalue weighted by Crippen LogP contribution is 2.24. The molecule has 0 bridgehead atoms. The Hall–Kier alpha value is -2.21. The standard InChI is InChI=1S/C13H12N2O3S/c16-13(14-9-4-2-1-3-5-9)11-8-10(15(17)18)6-7-12(11)19/h1-8,12,14,16,19H/b13-11-/t12-/m1/s1. The maximum atomic E-state index is 10.7. The molecule has 98 valence electrons. The van der Waals surface area contributed by atoms with E-state index in [-0.39, 0.29) is 16.8 Å². The molecule has 0 aromatic heterocycles. The average Bonchev–Trinajstić information content (AvgIpc) is 2.40. The average molecular weight is 276 g/mol. The number of nitro groups is 1. The molecule has 2 rings (SSSR count). The van der Waals surface area contributed by atoms with Crippen LogP contribution in [-0.4, -0.2) is 15.3 Å². The van der Waals surface area contributed by atoms with Crippen LogP contribution in [0.1, 0.15) is 0 Å². The first-order chi connectivity index (χ1) is 9.08. The Morgan fingerprint density at radius 3 is 2.68 bits per heavy atom. The van der Waals surface area contributed by atoms with Crippen LogP contribution >= 0.6 is 12.6 Å². The fourth-order valence-corrected chi connectivity index (χ4v) is 1.92. The zero-order valence-corrected chi connectivity index (χ0v) is 10.7. The lowest BCUT2D eigenvalue weighted by molar-refractivity contribution is -0.419. The van der Waals surface area contributed by atoms with Crippen molar-refractivity contribution in [3.8, 4) is 0 Å². The van der Waals surface area contributed by atoms with E-state index in [0.717, 1.165) is 0 Å². The van der Waals surface area contributed by atoms with E-state index in [1.165, 1.54) is 12.2 Å². The van der Waals surface area contributed by atoms with Crippen molar-refractivity contribution in [2.45, 2.75) is 5.25 Å². The van der Waals surface area contributed by atoms with Crippen molar-refractivity contribution >= 4 is 18.3 Å². The van der Waals surface area contributed by atoms with Gasteiger partial charge in [-0.05, 0) is 12.1 Å². The van der Waals surface area contributed by atoms with Gasteiger partial charge in [-0.15, -0.1) is 0 Å². The Morgan fingerprint density at radius 2 is 2.05 bits per heavy atom. The summed E-state index contributed by atoms with van der Waals surface area (Å²) in [5, 5.41) is 23.1. The second-order valence-corrected chi connectivity index (χ2v) is 4.48. The first-order valence-corrected chi connectivity index (χ1v) is 6.07. The second-order valence-electron chi connectivity index (χ2n) is 3.93. The molecule has 0 amide bonds. The third kappa shape index (κ3) is 3.17. The molecule has 1 aliphatic carbocycles. The van der Waals surface area contributed by atoms with Crippen molar-refractivity contribution in [2.24, 2.45) is 0 Å². The summed E-state index contributed by atoms with van der Waals surface area (Å²) in [7, 11) is 0. The number of nitrogens with one attached hydrogen (secondary N) is 1. The summed E-state index contributed by atoms with van der Waals surface area (Å²) in [5.41, 5.74) is 0.974. The van der Waals surface area contributed by atoms with Crippen molar-refractivity contribution in [3.05, 3.63) is 75.8 Å². The number of hydrogen-bond donors (Lipinski definition) is 3. The molecule has 1 atom stereocenters. The first-order valence-electron chi connectivity index (χ1n) is 5.55. The van der Waals surface area contributed by atoms with Gasteiger partial charge in [-0.25, -0.2) is 0 Å². The lowest BCUT2D eigenvalue weighted by atomic mass is 10.1. The summed E-state index contributed by atoms with van der Waals surface area (Å²) in [5.74, 6) is -0.144. The van der Waals surface area contributed by atoms with Crippen LogP contribution in [0, 0.1) is 10.1 Å². The predicted octanol–water partition coefficient (Wildman–Crippen LogP) is 2.90. The van der Waals surface area contributed by atoms with Gasteiger partial charge in [-0.3, -0.25) is 10.1 Å². The van der Waals surface area contributed by atoms with Crippen LogP contribution in [0.5, 0.6) is 0 Å². The van der Waals surface area contributed by atoms with Gasteiger partial charge >= 0.3 is 0 Å². The summed E-state index contributed by atoms with van der Waals surface area (Å²) < 4.78 is 0. The van der Waals surface area contributed by atoms with Crippen molar-refractivity contribution in [2.75, 3.05) is 5.32 Å². The van der Waals surface area contributed by atoms with Crippen molar-refractivity contribution in [3.63, 3.8) is 0 Å². The zero-order chi connectivity index (χ0) is 13.8.